The Morgan fingerprint density at radius 2 is 1.75 bits per heavy atom. The van der Waals surface area contributed by atoms with Gasteiger partial charge in [-0.05, 0) is 12.1 Å². The van der Waals surface area contributed by atoms with Crippen molar-refractivity contribution >= 4 is 17.4 Å². The van der Waals surface area contributed by atoms with Gasteiger partial charge in [-0.15, -0.1) is 0 Å². The third-order valence-corrected chi connectivity index (χ3v) is 2.32. The fraction of sp³-hybridized carbons (Fsp3) is 0.0909. The molecule has 0 aliphatic carbocycles. The van der Waals surface area contributed by atoms with Crippen molar-refractivity contribution in [2.45, 2.75) is 6.04 Å². The molecular weight excluding hydrogens is 206 g/mol. The third kappa shape index (κ3) is 1.16. The Balaban J connectivity index is 2.59. The van der Waals surface area contributed by atoms with Crippen molar-refractivity contribution in [3.8, 4) is 12.1 Å². The van der Waals surface area contributed by atoms with E-state index in [0.29, 0.717) is 5.69 Å². The highest BCUT2D eigenvalue weighted by atomic mass is 16.2. The van der Waals surface area contributed by atoms with Crippen molar-refractivity contribution in [1.29, 1.82) is 10.5 Å². The summed E-state index contributed by atoms with van der Waals surface area (Å²) in [6.45, 7) is 0. The van der Waals surface area contributed by atoms with Crippen molar-refractivity contribution in [3.63, 3.8) is 0 Å². The first kappa shape index (κ1) is 9.88. The standard InChI is InChI=1S/C11H5N3O2/c12-5-7(6-13)14-9-4-2-1-3-8(9)10(15)11(14)16/h1-4,7H. The van der Waals surface area contributed by atoms with Crippen LogP contribution in [0.4, 0.5) is 5.69 Å². The Morgan fingerprint density at radius 1 is 1.12 bits per heavy atom. The van der Waals surface area contributed by atoms with E-state index >= 15 is 0 Å². The number of hydrogen-bond donors (Lipinski definition) is 0. The lowest BCUT2D eigenvalue weighted by Gasteiger charge is -2.15. The van der Waals surface area contributed by atoms with Crippen LogP contribution in [0.2, 0.25) is 0 Å². The summed E-state index contributed by atoms with van der Waals surface area (Å²) in [7, 11) is 0. The molecular formula is C11H5N3O2. The highest BCUT2D eigenvalue weighted by Crippen LogP contribution is 2.29. The minimum atomic E-state index is -1.26. The molecule has 0 saturated carbocycles. The molecule has 1 amide bonds. The van der Waals surface area contributed by atoms with E-state index in [2.05, 4.69) is 0 Å². The Morgan fingerprint density at radius 3 is 2.38 bits per heavy atom. The summed E-state index contributed by atoms with van der Waals surface area (Å²) in [5.41, 5.74) is 0.564. The maximum Gasteiger partial charge on any atom is 0.301 e. The van der Waals surface area contributed by atoms with Gasteiger partial charge in [-0.1, -0.05) is 12.1 Å². The number of carbonyl (C=O) groups is 2. The Hall–Kier alpha value is -2.66. The number of fused-ring (bicyclic) bond motifs is 1. The Bertz CT molecular complexity index is 551. The topological polar surface area (TPSA) is 85.0 Å². The maximum atomic E-state index is 11.6. The van der Waals surface area contributed by atoms with Gasteiger partial charge in [-0.25, -0.2) is 0 Å². The zero-order chi connectivity index (χ0) is 11.7. The van der Waals surface area contributed by atoms with Gasteiger partial charge in [0.05, 0.1) is 11.3 Å². The number of rotatable bonds is 1. The molecule has 1 aromatic carbocycles. The molecule has 16 heavy (non-hydrogen) atoms. The van der Waals surface area contributed by atoms with Crippen molar-refractivity contribution in [2.24, 2.45) is 0 Å². The zero-order valence-corrected chi connectivity index (χ0v) is 8.04. The molecule has 0 fully saturated rings. The number of Topliss-reactive ketones (excluding diaryl/α,β-unsaturated/α-hetero) is 1. The van der Waals surface area contributed by atoms with Crippen molar-refractivity contribution in [2.75, 3.05) is 4.90 Å². The van der Waals surface area contributed by atoms with Crippen LogP contribution in [0, 0.1) is 22.7 Å². The number of benzene rings is 1. The van der Waals surface area contributed by atoms with Crippen LogP contribution in [0.15, 0.2) is 24.3 Å². The summed E-state index contributed by atoms with van der Waals surface area (Å²) in [5.74, 6) is -1.50. The van der Waals surface area contributed by atoms with Crippen LogP contribution in [0.3, 0.4) is 0 Å². The molecule has 5 nitrogen and oxygen atoms in total. The summed E-state index contributed by atoms with van der Waals surface area (Å²) >= 11 is 0. The van der Waals surface area contributed by atoms with E-state index in [1.54, 1.807) is 30.3 Å². The molecule has 1 aliphatic heterocycles. The molecule has 0 atom stereocenters. The van der Waals surface area contributed by atoms with E-state index in [1.807, 2.05) is 0 Å². The second-order valence-electron chi connectivity index (χ2n) is 3.18. The number of amides is 1. The summed E-state index contributed by atoms with van der Waals surface area (Å²) in [4.78, 5) is 24.1. The minimum Gasteiger partial charge on any atom is -0.283 e. The van der Waals surface area contributed by atoms with Crippen LogP contribution in [0.25, 0.3) is 0 Å². The monoisotopic (exact) mass is 211 g/mol. The molecule has 0 spiro atoms. The molecule has 0 unspecified atom stereocenters. The second kappa shape index (κ2) is 3.48. The van der Waals surface area contributed by atoms with Gasteiger partial charge in [0, 0.05) is 0 Å². The quantitative estimate of drug-likeness (QED) is 0.637. The zero-order valence-electron chi connectivity index (χ0n) is 8.04. The number of anilines is 1. The van der Waals surface area contributed by atoms with E-state index in [9.17, 15) is 9.59 Å². The number of nitrogens with zero attached hydrogens (tertiary/aromatic N) is 3. The van der Waals surface area contributed by atoms with Crippen LogP contribution in [-0.4, -0.2) is 17.7 Å². The van der Waals surface area contributed by atoms with E-state index in [4.69, 9.17) is 10.5 Å². The molecule has 1 aliphatic rings. The normalized spacial score (nSPS) is 13.6. The highest BCUT2D eigenvalue weighted by molar-refractivity contribution is 6.52. The van der Waals surface area contributed by atoms with Crippen LogP contribution >= 0.6 is 0 Å². The number of hydrogen-bond acceptors (Lipinski definition) is 4. The number of carbonyl (C=O) groups excluding carboxylic acids is 2. The lowest BCUT2D eigenvalue weighted by atomic mass is 10.1. The Labute approximate surface area is 91.1 Å². The predicted molar refractivity (Wildman–Crippen MR) is 53.3 cm³/mol. The Kier molecular flexibility index (Phi) is 2.15. The van der Waals surface area contributed by atoms with Gasteiger partial charge < -0.3 is 0 Å². The van der Waals surface area contributed by atoms with Crippen LogP contribution < -0.4 is 4.90 Å². The molecule has 0 radical (unpaired) electrons. The van der Waals surface area contributed by atoms with Crippen LogP contribution in [-0.2, 0) is 4.79 Å². The first-order valence-corrected chi connectivity index (χ1v) is 4.47. The molecule has 0 bridgehead atoms. The fourth-order valence-corrected chi connectivity index (χ4v) is 1.61. The second-order valence-corrected chi connectivity index (χ2v) is 3.18. The van der Waals surface area contributed by atoms with Gasteiger partial charge in [0.1, 0.15) is 12.1 Å². The average Bonchev–Trinajstić information content (AvgIpc) is 2.57. The van der Waals surface area contributed by atoms with E-state index in [1.165, 1.54) is 6.07 Å². The van der Waals surface area contributed by atoms with Gasteiger partial charge in [-0.2, -0.15) is 10.5 Å². The molecule has 1 aromatic rings. The van der Waals surface area contributed by atoms with Crippen molar-refractivity contribution in [1.82, 2.24) is 0 Å². The lowest BCUT2D eigenvalue weighted by molar-refractivity contribution is -0.114. The number of para-hydroxylation sites is 1. The SMILES string of the molecule is N#CC(C#N)N1C(=O)C(=O)c2ccccc21. The van der Waals surface area contributed by atoms with E-state index < -0.39 is 17.7 Å². The average molecular weight is 211 g/mol. The summed E-state index contributed by atoms with van der Waals surface area (Å²) in [5, 5.41) is 17.5. The van der Waals surface area contributed by atoms with Gasteiger partial charge in [-0.3, -0.25) is 14.5 Å². The third-order valence-electron chi connectivity index (χ3n) is 2.32. The van der Waals surface area contributed by atoms with Gasteiger partial charge in [0.2, 0.25) is 6.04 Å². The van der Waals surface area contributed by atoms with Gasteiger partial charge in [0.15, 0.2) is 0 Å². The largest absolute Gasteiger partial charge is 0.301 e. The molecule has 76 valence electrons. The number of ketones is 1. The van der Waals surface area contributed by atoms with E-state index in [0.717, 1.165) is 4.90 Å². The van der Waals surface area contributed by atoms with Crippen LogP contribution in [0.1, 0.15) is 10.4 Å². The molecule has 0 saturated heterocycles. The summed E-state index contributed by atoms with van der Waals surface area (Å²) < 4.78 is 0. The fourth-order valence-electron chi connectivity index (χ4n) is 1.61. The number of nitriles is 2. The lowest BCUT2D eigenvalue weighted by Crippen LogP contribution is -2.37. The smallest absolute Gasteiger partial charge is 0.283 e. The molecule has 2 rings (SSSR count). The van der Waals surface area contributed by atoms with Gasteiger partial charge in [0.25, 0.3) is 5.78 Å². The van der Waals surface area contributed by atoms with E-state index in [-0.39, 0.29) is 5.56 Å². The molecule has 0 aromatic heterocycles. The molecule has 5 heteroatoms. The minimum absolute atomic E-state index is 0.239. The van der Waals surface area contributed by atoms with Crippen molar-refractivity contribution in [3.05, 3.63) is 29.8 Å². The summed E-state index contributed by atoms with van der Waals surface area (Å²) in [6.07, 6.45) is 0. The van der Waals surface area contributed by atoms with Crippen molar-refractivity contribution < 1.29 is 9.59 Å². The molecule has 1 heterocycles. The van der Waals surface area contributed by atoms with Crippen LogP contribution in [0.5, 0.6) is 0 Å². The predicted octanol–water partition coefficient (Wildman–Crippen LogP) is 0.632. The first-order valence-electron chi connectivity index (χ1n) is 4.47. The first-order chi connectivity index (χ1) is 7.70. The maximum absolute atomic E-state index is 11.6. The summed E-state index contributed by atoms with van der Waals surface area (Å²) in [6, 6.07) is 8.40. The van der Waals surface area contributed by atoms with Gasteiger partial charge >= 0.3 is 5.91 Å². The highest BCUT2D eigenvalue weighted by Gasteiger charge is 2.39. The molecule has 0 N–H and O–H groups in total.